The lowest BCUT2D eigenvalue weighted by Gasteiger charge is -2.20. The number of hydrogen-bond acceptors (Lipinski definition) is 2. The van der Waals surface area contributed by atoms with E-state index in [1.165, 1.54) is 40.7 Å². The molecule has 204 valence electrons. The van der Waals surface area contributed by atoms with E-state index in [0.29, 0.717) is 29.2 Å². The Balaban J connectivity index is 2.18. The highest BCUT2D eigenvalue weighted by Crippen LogP contribution is 2.36. The molecule has 4 nitrogen and oxygen atoms in total. The number of para-hydroxylation sites is 2. The van der Waals surface area contributed by atoms with E-state index in [-0.39, 0.29) is 5.97 Å². The molecular weight excluding hydrogens is 480 g/mol. The van der Waals surface area contributed by atoms with Gasteiger partial charge in [0.15, 0.2) is 0 Å². The number of carbonyl (C=O) groups is 1. The lowest BCUT2D eigenvalue weighted by atomic mass is 9.92. The number of methoxy groups -OCH3 is 1. The minimum Gasteiger partial charge on any atom is -0.465 e. The first-order valence-corrected chi connectivity index (χ1v) is 14.1. The number of rotatable bonds is 8. The molecule has 3 aromatic carbocycles. The van der Waals surface area contributed by atoms with E-state index in [1.54, 1.807) is 0 Å². The van der Waals surface area contributed by atoms with Gasteiger partial charge >= 0.3 is 5.97 Å². The molecule has 0 spiro atoms. The highest BCUT2D eigenvalue weighted by Gasteiger charge is 2.31. The fraction of sp³-hybridized carbons (Fsp3) is 0.371. The van der Waals surface area contributed by atoms with E-state index < -0.39 is 0 Å². The summed E-state index contributed by atoms with van der Waals surface area (Å²) < 4.78 is 9.76. The number of ether oxygens (including phenoxy) is 1. The van der Waals surface area contributed by atoms with E-state index in [1.807, 2.05) is 18.2 Å². The lowest BCUT2D eigenvalue weighted by Crippen LogP contribution is -2.35. The van der Waals surface area contributed by atoms with Crippen molar-refractivity contribution in [3.05, 3.63) is 101 Å². The molecule has 0 amide bonds. The molecular formula is C35H43N2O2+. The molecule has 39 heavy (non-hydrogen) atoms. The van der Waals surface area contributed by atoms with Crippen LogP contribution in [0, 0.1) is 0 Å². The van der Waals surface area contributed by atoms with Crippen LogP contribution in [0.3, 0.4) is 0 Å². The first-order chi connectivity index (χ1) is 18.6. The van der Waals surface area contributed by atoms with Gasteiger partial charge in [-0.3, -0.25) is 0 Å². The van der Waals surface area contributed by atoms with Gasteiger partial charge < -0.3 is 4.74 Å². The van der Waals surface area contributed by atoms with E-state index >= 15 is 0 Å². The predicted octanol–water partition coefficient (Wildman–Crippen LogP) is 8.70. The first kappa shape index (κ1) is 28.4. The maximum Gasteiger partial charge on any atom is 0.337 e. The van der Waals surface area contributed by atoms with Gasteiger partial charge in [0.05, 0.1) is 18.2 Å². The third-order valence-electron chi connectivity index (χ3n) is 7.53. The largest absolute Gasteiger partial charge is 0.465 e. The van der Waals surface area contributed by atoms with E-state index in [0.717, 1.165) is 11.4 Å². The summed E-state index contributed by atoms with van der Waals surface area (Å²) in [6, 6.07) is 21.1. The molecule has 0 aliphatic carbocycles. The molecule has 1 aromatic heterocycles. The smallest absolute Gasteiger partial charge is 0.337 e. The normalized spacial score (nSPS) is 11.7. The Labute approximate surface area is 234 Å². The van der Waals surface area contributed by atoms with Crippen LogP contribution in [0.25, 0.3) is 22.8 Å². The maximum atomic E-state index is 12.6. The van der Waals surface area contributed by atoms with Crippen LogP contribution in [0.15, 0.2) is 73.1 Å². The number of aromatic nitrogens is 2. The van der Waals surface area contributed by atoms with Crippen molar-refractivity contribution in [3.63, 3.8) is 0 Å². The van der Waals surface area contributed by atoms with Gasteiger partial charge in [-0.25, -0.2) is 4.79 Å². The molecule has 0 saturated heterocycles. The fourth-order valence-electron chi connectivity index (χ4n) is 5.51. The SMILES string of the molecule is COC(=O)c1cccc(-c2n(-c3c(C(C)C)cccc3C(C)C)cc[n+]2-c2c(C(C)C)cccc2C(C)C)c1. The van der Waals surface area contributed by atoms with Crippen LogP contribution >= 0.6 is 0 Å². The molecule has 0 unspecified atom stereocenters. The third-order valence-corrected chi connectivity index (χ3v) is 7.53. The Hall–Kier alpha value is -3.66. The van der Waals surface area contributed by atoms with E-state index in [2.05, 4.69) is 119 Å². The molecule has 0 N–H and O–H groups in total. The number of imidazole rings is 1. The van der Waals surface area contributed by atoms with Crippen molar-refractivity contribution in [2.45, 2.75) is 79.1 Å². The summed E-state index contributed by atoms with van der Waals surface area (Å²) in [5.74, 6) is 2.06. The van der Waals surface area contributed by atoms with Gasteiger partial charge in [-0.05, 0) is 41.9 Å². The number of benzene rings is 3. The second kappa shape index (κ2) is 11.6. The van der Waals surface area contributed by atoms with Crippen LogP contribution < -0.4 is 4.57 Å². The van der Waals surface area contributed by atoms with E-state index in [9.17, 15) is 4.79 Å². The van der Waals surface area contributed by atoms with Crippen molar-refractivity contribution >= 4 is 5.97 Å². The molecule has 4 rings (SSSR count). The Morgan fingerprint density at radius 2 is 1.21 bits per heavy atom. The van der Waals surface area contributed by atoms with Gasteiger partial charge in [-0.2, -0.15) is 9.13 Å². The molecule has 0 radical (unpaired) electrons. The summed E-state index contributed by atoms with van der Waals surface area (Å²) in [6.07, 6.45) is 4.38. The molecule has 1 heterocycles. The summed E-state index contributed by atoms with van der Waals surface area (Å²) in [6.45, 7) is 18.0. The van der Waals surface area contributed by atoms with Gasteiger partial charge in [-0.1, -0.05) is 97.9 Å². The van der Waals surface area contributed by atoms with Gasteiger partial charge in [0.2, 0.25) is 0 Å². The van der Waals surface area contributed by atoms with Gasteiger partial charge in [-0.15, -0.1) is 0 Å². The molecule has 4 aromatic rings. The number of esters is 1. The monoisotopic (exact) mass is 523 g/mol. The number of carbonyl (C=O) groups excluding carboxylic acids is 1. The van der Waals surface area contributed by atoms with Crippen molar-refractivity contribution in [3.8, 4) is 22.8 Å². The second-order valence-corrected chi connectivity index (χ2v) is 11.6. The van der Waals surface area contributed by atoms with Crippen LogP contribution in [0.1, 0.15) is 112 Å². The molecule has 0 bridgehead atoms. The van der Waals surface area contributed by atoms with Crippen LogP contribution in [0.4, 0.5) is 0 Å². The van der Waals surface area contributed by atoms with Crippen molar-refractivity contribution in [1.82, 2.24) is 4.57 Å². The maximum absolute atomic E-state index is 12.6. The quantitative estimate of drug-likeness (QED) is 0.171. The zero-order chi connectivity index (χ0) is 28.4. The highest BCUT2D eigenvalue weighted by atomic mass is 16.5. The topological polar surface area (TPSA) is 35.1 Å². The van der Waals surface area contributed by atoms with Crippen LogP contribution in [0.5, 0.6) is 0 Å². The first-order valence-electron chi connectivity index (χ1n) is 14.1. The van der Waals surface area contributed by atoms with E-state index in [4.69, 9.17) is 4.74 Å². The minimum absolute atomic E-state index is 0.336. The zero-order valence-corrected chi connectivity index (χ0v) is 24.9. The minimum atomic E-state index is -0.336. The molecule has 0 saturated carbocycles. The molecule has 0 aliphatic rings. The summed E-state index contributed by atoms with van der Waals surface area (Å²) >= 11 is 0. The van der Waals surface area contributed by atoms with Crippen molar-refractivity contribution in [1.29, 1.82) is 0 Å². The summed E-state index contributed by atoms with van der Waals surface area (Å²) in [5.41, 5.74) is 9.14. The molecule has 0 atom stereocenters. The fourth-order valence-corrected chi connectivity index (χ4v) is 5.51. The van der Waals surface area contributed by atoms with Crippen molar-refractivity contribution < 1.29 is 14.1 Å². The van der Waals surface area contributed by atoms with Crippen molar-refractivity contribution in [2.24, 2.45) is 0 Å². The Bertz CT molecular complexity index is 1340. The molecule has 0 fully saturated rings. The average molecular weight is 524 g/mol. The number of hydrogen-bond donors (Lipinski definition) is 0. The second-order valence-electron chi connectivity index (χ2n) is 11.6. The summed E-state index contributed by atoms with van der Waals surface area (Å²) in [5, 5.41) is 0. The Morgan fingerprint density at radius 1 is 0.718 bits per heavy atom. The summed E-state index contributed by atoms with van der Waals surface area (Å²) in [4.78, 5) is 12.6. The molecule has 0 aliphatic heterocycles. The lowest BCUT2D eigenvalue weighted by molar-refractivity contribution is -0.584. The Morgan fingerprint density at radius 3 is 1.69 bits per heavy atom. The molecule has 4 heteroatoms. The highest BCUT2D eigenvalue weighted by molar-refractivity contribution is 5.90. The van der Waals surface area contributed by atoms with Crippen LogP contribution in [-0.2, 0) is 4.74 Å². The van der Waals surface area contributed by atoms with Gasteiger partial charge in [0, 0.05) is 22.3 Å². The average Bonchev–Trinajstić information content (AvgIpc) is 3.36. The number of nitrogens with zero attached hydrogens (tertiary/aromatic N) is 2. The Kier molecular flexibility index (Phi) is 8.44. The predicted molar refractivity (Wildman–Crippen MR) is 160 cm³/mol. The van der Waals surface area contributed by atoms with Crippen molar-refractivity contribution in [2.75, 3.05) is 7.11 Å². The standard InChI is InChI=1S/C35H43N2O2/c1-22(2)28-15-11-16-29(23(3)4)32(28)36-19-20-37(33-30(24(5)6)17-12-18-31(33)25(7)8)34(36)26-13-10-14-27(21-26)35(38)39-9/h10-25H,1-9H3/q+1. The van der Waals surface area contributed by atoms with Crippen LogP contribution in [-0.4, -0.2) is 17.6 Å². The third kappa shape index (κ3) is 5.43. The van der Waals surface area contributed by atoms with Gasteiger partial charge in [0.25, 0.3) is 5.82 Å². The summed E-state index contributed by atoms with van der Waals surface area (Å²) in [7, 11) is 1.43. The zero-order valence-electron chi connectivity index (χ0n) is 24.9. The van der Waals surface area contributed by atoms with Gasteiger partial charge in [0.1, 0.15) is 23.8 Å². The van der Waals surface area contributed by atoms with Crippen LogP contribution in [0.2, 0.25) is 0 Å².